The molecule has 1 N–H and O–H groups in total. The van der Waals surface area contributed by atoms with Crippen molar-refractivity contribution >= 4 is 0 Å². The number of rotatable bonds is 0. The van der Waals surface area contributed by atoms with Crippen LogP contribution in [0.1, 0.15) is 32.1 Å². The van der Waals surface area contributed by atoms with Crippen LogP contribution in [-0.2, 0) is 0 Å². The zero-order chi connectivity index (χ0) is 7.94. The number of hydrogen-bond donors (Lipinski definition) is 1. The second-order valence-corrected chi connectivity index (χ2v) is 2.60. The molecule has 0 saturated carbocycles. The Bertz CT molecular complexity index is 221. The quantitative estimate of drug-likeness (QED) is 0.514. The van der Waals surface area contributed by atoms with Crippen molar-refractivity contribution in [3.8, 4) is 23.7 Å². The Balaban J connectivity index is 2.45. The van der Waals surface area contributed by atoms with Crippen molar-refractivity contribution in [1.82, 2.24) is 0 Å². The maximum absolute atomic E-state index is 9.15. The molecule has 0 fully saturated rings. The van der Waals surface area contributed by atoms with Crippen LogP contribution in [0.5, 0.6) is 0 Å². The van der Waals surface area contributed by atoms with Crippen LogP contribution < -0.4 is 0 Å². The van der Waals surface area contributed by atoms with Crippen LogP contribution in [0.15, 0.2) is 0 Å². The predicted octanol–water partition coefficient (Wildman–Crippen LogP) is 1.32. The Morgan fingerprint density at radius 1 is 1.00 bits per heavy atom. The number of aliphatic hydroxyl groups excluding tert-OH is 1. The fourth-order valence-corrected chi connectivity index (χ4v) is 0.925. The molecule has 0 aliphatic heterocycles. The van der Waals surface area contributed by atoms with Crippen LogP contribution in [0.25, 0.3) is 0 Å². The number of aliphatic hydroxyl groups is 1. The van der Waals surface area contributed by atoms with Crippen molar-refractivity contribution < 1.29 is 5.11 Å². The van der Waals surface area contributed by atoms with Crippen molar-refractivity contribution in [3.05, 3.63) is 0 Å². The Kier molecular flexibility index (Phi) is 3.59. The minimum atomic E-state index is -0.527. The monoisotopic (exact) mass is 148 g/mol. The van der Waals surface area contributed by atoms with Crippen molar-refractivity contribution in [1.29, 1.82) is 0 Å². The molecular formula is C10H12O. The van der Waals surface area contributed by atoms with E-state index in [1.54, 1.807) is 0 Å². The highest BCUT2D eigenvalue weighted by molar-refractivity contribution is 5.11. The molecule has 0 amide bonds. The van der Waals surface area contributed by atoms with Crippen molar-refractivity contribution in [2.24, 2.45) is 0 Å². The summed E-state index contributed by atoms with van der Waals surface area (Å²) in [5, 5.41) is 9.15. The minimum absolute atomic E-state index is 0.507. The summed E-state index contributed by atoms with van der Waals surface area (Å²) in [4.78, 5) is 0. The summed E-state index contributed by atoms with van der Waals surface area (Å²) in [6, 6.07) is 0. The molecule has 11 heavy (non-hydrogen) atoms. The van der Waals surface area contributed by atoms with Gasteiger partial charge in [0, 0.05) is 19.3 Å². The molecule has 0 aromatic heterocycles. The van der Waals surface area contributed by atoms with E-state index >= 15 is 0 Å². The lowest BCUT2D eigenvalue weighted by Crippen LogP contribution is -2.00. The molecule has 1 unspecified atom stereocenters. The largest absolute Gasteiger partial charge is 0.379 e. The van der Waals surface area contributed by atoms with Gasteiger partial charge in [-0.3, -0.25) is 0 Å². The van der Waals surface area contributed by atoms with Gasteiger partial charge in [0.1, 0.15) is 6.10 Å². The van der Waals surface area contributed by atoms with Crippen LogP contribution in [0.4, 0.5) is 0 Å². The third-order valence-corrected chi connectivity index (χ3v) is 1.54. The van der Waals surface area contributed by atoms with Crippen molar-refractivity contribution in [2.45, 2.75) is 38.2 Å². The van der Waals surface area contributed by atoms with Gasteiger partial charge in [-0.1, -0.05) is 11.8 Å². The molecule has 0 saturated heterocycles. The second kappa shape index (κ2) is 4.83. The van der Waals surface area contributed by atoms with Crippen LogP contribution in [0, 0.1) is 23.7 Å². The van der Waals surface area contributed by atoms with E-state index < -0.39 is 6.10 Å². The fourth-order valence-electron chi connectivity index (χ4n) is 0.925. The maximum Gasteiger partial charge on any atom is 0.125 e. The van der Waals surface area contributed by atoms with Crippen LogP contribution in [0.3, 0.4) is 0 Å². The van der Waals surface area contributed by atoms with Gasteiger partial charge in [0.15, 0.2) is 0 Å². The van der Waals surface area contributed by atoms with Gasteiger partial charge in [0.25, 0.3) is 0 Å². The van der Waals surface area contributed by atoms with E-state index in [9.17, 15) is 0 Å². The topological polar surface area (TPSA) is 20.2 Å². The van der Waals surface area contributed by atoms with Gasteiger partial charge in [0.2, 0.25) is 0 Å². The third kappa shape index (κ3) is 3.71. The summed E-state index contributed by atoms with van der Waals surface area (Å²) in [5.41, 5.74) is 0. The lowest BCUT2D eigenvalue weighted by Gasteiger charge is -1.96. The van der Waals surface area contributed by atoms with Crippen molar-refractivity contribution in [3.63, 3.8) is 0 Å². The molecule has 0 heterocycles. The van der Waals surface area contributed by atoms with Gasteiger partial charge in [-0.15, -0.1) is 11.8 Å². The second-order valence-electron chi connectivity index (χ2n) is 2.60. The van der Waals surface area contributed by atoms with Gasteiger partial charge < -0.3 is 5.11 Å². The van der Waals surface area contributed by atoms with E-state index in [0.29, 0.717) is 6.42 Å². The Morgan fingerprint density at radius 3 is 2.55 bits per heavy atom. The van der Waals surface area contributed by atoms with E-state index in [1.165, 1.54) is 0 Å². The Hall–Kier alpha value is -0.920. The summed E-state index contributed by atoms with van der Waals surface area (Å²) in [6.07, 6.45) is 4.08. The zero-order valence-electron chi connectivity index (χ0n) is 6.56. The molecule has 1 heteroatoms. The molecule has 1 rings (SSSR count). The molecule has 0 bridgehead atoms. The SMILES string of the molecule is OC1C#CCCCCC#CC1. The summed E-state index contributed by atoms with van der Waals surface area (Å²) in [5.74, 6) is 11.6. The average molecular weight is 148 g/mol. The van der Waals surface area contributed by atoms with E-state index in [0.717, 1.165) is 25.7 Å². The van der Waals surface area contributed by atoms with E-state index in [1.807, 2.05) is 0 Å². The molecule has 58 valence electrons. The Labute approximate surface area is 67.8 Å². The van der Waals surface area contributed by atoms with Crippen LogP contribution in [0.2, 0.25) is 0 Å². The molecule has 0 aromatic carbocycles. The predicted molar refractivity (Wildman–Crippen MR) is 44.6 cm³/mol. The minimum Gasteiger partial charge on any atom is -0.379 e. The first-order valence-electron chi connectivity index (χ1n) is 4.02. The lowest BCUT2D eigenvalue weighted by molar-refractivity contribution is 0.238. The molecule has 1 aliphatic carbocycles. The highest BCUT2D eigenvalue weighted by atomic mass is 16.3. The molecular weight excluding hydrogens is 136 g/mol. The highest BCUT2D eigenvalue weighted by Gasteiger charge is 1.94. The molecule has 1 nitrogen and oxygen atoms in total. The summed E-state index contributed by atoms with van der Waals surface area (Å²) < 4.78 is 0. The van der Waals surface area contributed by atoms with Gasteiger partial charge in [-0.2, -0.15) is 0 Å². The number of hydrogen-bond acceptors (Lipinski definition) is 1. The molecule has 0 radical (unpaired) electrons. The van der Waals surface area contributed by atoms with Gasteiger partial charge >= 0.3 is 0 Å². The lowest BCUT2D eigenvalue weighted by atomic mass is 10.1. The van der Waals surface area contributed by atoms with Crippen LogP contribution >= 0.6 is 0 Å². The molecule has 1 aliphatic rings. The zero-order valence-corrected chi connectivity index (χ0v) is 6.56. The molecule has 1 atom stereocenters. The summed E-state index contributed by atoms with van der Waals surface area (Å²) in [6.45, 7) is 0. The first kappa shape index (κ1) is 8.18. The Morgan fingerprint density at radius 2 is 1.73 bits per heavy atom. The first-order valence-corrected chi connectivity index (χ1v) is 4.02. The summed E-state index contributed by atoms with van der Waals surface area (Å²) in [7, 11) is 0. The van der Waals surface area contributed by atoms with Crippen molar-refractivity contribution in [2.75, 3.05) is 0 Å². The first-order chi connectivity index (χ1) is 5.39. The molecule has 0 aromatic rings. The van der Waals surface area contributed by atoms with Crippen LogP contribution in [-0.4, -0.2) is 11.2 Å². The van der Waals surface area contributed by atoms with Gasteiger partial charge in [-0.25, -0.2) is 0 Å². The normalized spacial score (nSPS) is 23.9. The van der Waals surface area contributed by atoms with E-state index in [4.69, 9.17) is 5.11 Å². The smallest absolute Gasteiger partial charge is 0.125 e. The van der Waals surface area contributed by atoms with E-state index in [-0.39, 0.29) is 0 Å². The highest BCUT2D eigenvalue weighted by Crippen LogP contribution is 1.99. The molecule has 0 spiro atoms. The van der Waals surface area contributed by atoms with Gasteiger partial charge in [0.05, 0.1) is 0 Å². The third-order valence-electron chi connectivity index (χ3n) is 1.54. The fraction of sp³-hybridized carbons (Fsp3) is 0.600. The summed E-state index contributed by atoms with van der Waals surface area (Å²) >= 11 is 0. The average Bonchev–Trinajstić information content (AvgIpc) is 2.03. The van der Waals surface area contributed by atoms with Gasteiger partial charge in [-0.05, 0) is 12.8 Å². The van der Waals surface area contributed by atoms with E-state index in [2.05, 4.69) is 23.7 Å². The standard InChI is InChI=1S/C10H12O/c11-10-8-6-4-2-1-3-5-7-9-10/h10-11H,1-4,9H2. The maximum atomic E-state index is 9.15.